The molecule has 0 aliphatic carbocycles. The normalized spacial score (nSPS) is 10.2. The van der Waals surface area contributed by atoms with Gasteiger partial charge >= 0.3 is 0 Å². The Hall–Kier alpha value is -2.54. The number of nitrogens with zero attached hydrogens (tertiary/aromatic N) is 2. The second-order valence-electron chi connectivity index (χ2n) is 4.07. The maximum Gasteiger partial charge on any atom is 0.273 e. The molecule has 0 fully saturated rings. The van der Waals surface area contributed by atoms with Crippen molar-refractivity contribution in [2.24, 2.45) is 5.84 Å². The maximum atomic E-state index is 10.9. The summed E-state index contributed by atoms with van der Waals surface area (Å²) in [6, 6.07) is 8.24. The number of nitro benzene ring substituents is 1. The molecular formula is C12H14N4O3. The van der Waals surface area contributed by atoms with Crippen LogP contribution < -0.4 is 16.2 Å². The lowest BCUT2D eigenvalue weighted by Gasteiger charge is -2.18. The Bertz CT molecular complexity index is 568. The number of anilines is 2. The number of hydrogen-bond acceptors (Lipinski definition) is 6. The molecule has 7 nitrogen and oxygen atoms in total. The van der Waals surface area contributed by atoms with E-state index >= 15 is 0 Å². The number of nitro groups is 1. The van der Waals surface area contributed by atoms with E-state index in [4.69, 9.17) is 10.3 Å². The van der Waals surface area contributed by atoms with Crippen LogP contribution in [-0.4, -0.2) is 12.0 Å². The summed E-state index contributed by atoms with van der Waals surface area (Å²) in [7, 11) is 1.82. The molecule has 1 aromatic heterocycles. The van der Waals surface area contributed by atoms with E-state index in [1.54, 1.807) is 18.4 Å². The van der Waals surface area contributed by atoms with Crippen LogP contribution in [-0.2, 0) is 6.54 Å². The van der Waals surface area contributed by atoms with Crippen LogP contribution in [0.1, 0.15) is 5.76 Å². The Balaban J connectivity index is 2.27. The van der Waals surface area contributed by atoms with E-state index in [9.17, 15) is 10.1 Å². The molecule has 0 radical (unpaired) electrons. The van der Waals surface area contributed by atoms with E-state index in [2.05, 4.69) is 5.43 Å². The van der Waals surface area contributed by atoms with Crippen molar-refractivity contribution in [1.29, 1.82) is 0 Å². The average Bonchev–Trinajstić information content (AvgIpc) is 2.90. The summed E-state index contributed by atoms with van der Waals surface area (Å²) in [4.78, 5) is 12.2. The second kappa shape index (κ2) is 5.40. The smallest absolute Gasteiger partial charge is 0.273 e. The van der Waals surface area contributed by atoms with E-state index in [1.807, 2.05) is 18.0 Å². The summed E-state index contributed by atoms with van der Waals surface area (Å²) < 4.78 is 5.24. The summed E-state index contributed by atoms with van der Waals surface area (Å²) in [6.45, 7) is 0.512. The number of furan rings is 1. The zero-order chi connectivity index (χ0) is 13.8. The van der Waals surface area contributed by atoms with Gasteiger partial charge in [0.05, 0.1) is 23.4 Å². The van der Waals surface area contributed by atoms with Crippen LogP contribution >= 0.6 is 0 Å². The molecule has 0 aliphatic rings. The Labute approximate surface area is 109 Å². The van der Waals surface area contributed by atoms with Crippen molar-refractivity contribution in [3.63, 3.8) is 0 Å². The van der Waals surface area contributed by atoms with Gasteiger partial charge in [0.25, 0.3) is 5.69 Å². The SMILES string of the molecule is CN(Cc1ccco1)c1cc(NN)cc([N+](=O)[O-])c1. The lowest BCUT2D eigenvalue weighted by molar-refractivity contribution is -0.384. The molecule has 0 bridgehead atoms. The minimum Gasteiger partial charge on any atom is -0.467 e. The van der Waals surface area contributed by atoms with E-state index < -0.39 is 4.92 Å². The van der Waals surface area contributed by atoms with E-state index in [0.717, 1.165) is 5.76 Å². The molecule has 7 heteroatoms. The van der Waals surface area contributed by atoms with Gasteiger partial charge in [-0.3, -0.25) is 16.0 Å². The lowest BCUT2D eigenvalue weighted by atomic mass is 10.2. The van der Waals surface area contributed by atoms with Crippen molar-refractivity contribution >= 4 is 17.1 Å². The molecule has 0 saturated heterocycles. The van der Waals surface area contributed by atoms with E-state index in [1.165, 1.54) is 12.1 Å². The molecule has 0 atom stereocenters. The topological polar surface area (TPSA) is 97.6 Å². The van der Waals surface area contributed by atoms with Crippen molar-refractivity contribution in [3.05, 3.63) is 52.5 Å². The third-order valence-electron chi connectivity index (χ3n) is 2.69. The molecule has 1 heterocycles. The van der Waals surface area contributed by atoms with Crippen LogP contribution in [0, 0.1) is 10.1 Å². The summed E-state index contributed by atoms with van der Waals surface area (Å²) in [5.41, 5.74) is 3.57. The molecule has 1 aromatic carbocycles. The predicted molar refractivity (Wildman–Crippen MR) is 71.7 cm³/mol. The standard InChI is InChI=1S/C12H14N4O3/c1-15(8-12-3-2-4-19-12)10-5-9(14-13)6-11(7-10)16(17)18/h2-7,14H,8,13H2,1H3. The molecule has 0 saturated carbocycles. The molecular weight excluding hydrogens is 248 g/mol. The van der Waals surface area contributed by atoms with Crippen LogP contribution in [0.25, 0.3) is 0 Å². The first kappa shape index (κ1) is 12.9. The fourth-order valence-corrected chi connectivity index (χ4v) is 1.73. The minimum absolute atomic E-state index is 0.0169. The van der Waals surface area contributed by atoms with Gasteiger partial charge in [-0.05, 0) is 18.2 Å². The fraction of sp³-hybridized carbons (Fsp3) is 0.167. The average molecular weight is 262 g/mol. The summed E-state index contributed by atoms with van der Waals surface area (Å²) in [5, 5.41) is 10.9. The first-order valence-electron chi connectivity index (χ1n) is 5.60. The molecule has 3 N–H and O–H groups in total. The van der Waals surface area contributed by atoms with Gasteiger partial charge in [-0.2, -0.15) is 0 Å². The summed E-state index contributed by atoms with van der Waals surface area (Å²) in [6.07, 6.45) is 1.59. The van der Waals surface area contributed by atoms with Crippen molar-refractivity contribution in [2.75, 3.05) is 17.4 Å². The van der Waals surface area contributed by atoms with Gasteiger partial charge in [-0.15, -0.1) is 0 Å². The molecule has 0 aliphatic heterocycles. The largest absolute Gasteiger partial charge is 0.467 e. The maximum absolute atomic E-state index is 10.9. The highest BCUT2D eigenvalue weighted by Crippen LogP contribution is 2.26. The minimum atomic E-state index is -0.453. The molecule has 0 spiro atoms. The Morgan fingerprint density at radius 3 is 2.84 bits per heavy atom. The van der Waals surface area contributed by atoms with Gasteiger partial charge in [-0.25, -0.2) is 0 Å². The van der Waals surface area contributed by atoms with Gasteiger partial charge in [0.2, 0.25) is 0 Å². The zero-order valence-corrected chi connectivity index (χ0v) is 10.4. The number of benzene rings is 1. The highest BCUT2D eigenvalue weighted by molar-refractivity contribution is 5.63. The van der Waals surface area contributed by atoms with E-state index in [-0.39, 0.29) is 5.69 Å². The number of non-ortho nitro benzene ring substituents is 1. The fourth-order valence-electron chi connectivity index (χ4n) is 1.73. The molecule has 0 unspecified atom stereocenters. The van der Waals surface area contributed by atoms with Gasteiger partial charge in [-0.1, -0.05) is 0 Å². The first-order chi connectivity index (χ1) is 9.10. The van der Waals surface area contributed by atoms with Gasteiger partial charge in [0, 0.05) is 24.9 Å². The number of hydrogen-bond donors (Lipinski definition) is 2. The van der Waals surface area contributed by atoms with Crippen LogP contribution in [0.2, 0.25) is 0 Å². The van der Waals surface area contributed by atoms with Crippen LogP contribution in [0.5, 0.6) is 0 Å². The van der Waals surface area contributed by atoms with Crippen LogP contribution in [0.3, 0.4) is 0 Å². The lowest BCUT2D eigenvalue weighted by Crippen LogP contribution is -2.17. The van der Waals surface area contributed by atoms with Crippen molar-refractivity contribution in [2.45, 2.75) is 6.54 Å². The third-order valence-corrected chi connectivity index (χ3v) is 2.69. The number of rotatable bonds is 5. The Morgan fingerprint density at radius 1 is 1.47 bits per heavy atom. The molecule has 0 amide bonds. The number of hydrazine groups is 1. The molecule has 19 heavy (non-hydrogen) atoms. The second-order valence-corrected chi connectivity index (χ2v) is 4.07. The highest BCUT2D eigenvalue weighted by atomic mass is 16.6. The molecule has 100 valence electrons. The summed E-state index contributed by atoms with van der Waals surface area (Å²) in [5.74, 6) is 6.09. The van der Waals surface area contributed by atoms with Gasteiger partial charge in [0.15, 0.2) is 0 Å². The third kappa shape index (κ3) is 3.02. The van der Waals surface area contributed by atoms with E-state index in [0.29, 0.717) is 17.9 Å². The summed E-state index contributed by atoms with van der Waals surface area (Å²) >= 11 is 0. The van der Waals surface area contributed by atoms with Crippen LogP contribution in [0.15, 0.2) is 41.0 Å². The Morgan fingerprint density at radius 2 is 2.26 bits per heavy atom. The van der Waals surface area contributed by atoms with Crippen molar-refractivity contribution in [1.82, 2.24) is 0 Å². The van der Waals surface area contributed by atoms with Gasteiger partial charge < -0.3 is 14.7 Å². The predicted octanol–water partition coefficient (Wildman–Crippen LogP) is 2.11. The quantitative estimate of drug-likeness (QED) is 0.486. The molecule has 2 aromatic rings. The number of nitrogen functional groups attached to an aromatic ring is 1. The number of nitrogens with one attached hydrogen (secondary N) is 1. The first-order valence-corrected chi connectivity index (χ1v) is 5.60. The van der Waals surface area contributed by atoms with Crippen molar-refractivity contribution < 1.29 is 9.34 Å². The molecule has 2 rings (SSSR count). The highest BCUT2D eigenvalue weighted by Gasteiger charge is 2.12. The number of nitrogens with two attached hydrogens (primary N) is 1. The van der Waals surface area contributed by atoms with Crippen molar-refractivity contribution in [3.8, 4) is 0 Å². The Kier molecular flexibility index (Phi) is 3.67. The monoisotopic (exact) mass is 262 g/mol. The van der Waals surface area contributed by atoms with Crippen LogP contribution in [0.4, 0.5) is 17.1 Å². The van der Waals surface area contributed by atoms with Gasteiger partial charge in [0.1, 0.15) is 5.76 Å². The zero-order valence-electron chi connectivity index (χ0n) is 10.4.